The largest absolute Gasteiger partial charge is 0.481 e. The summed E-state index contributed by atoms with van der Waals surface area (Å²) in [6.07, 6.45) is -0.949. The molecule has 5 nitrogen and oxygen atoms in total. The lowest BCUT2D eigenvalue weighted by atomic mass is 9.85. The van der Waals surface area contributed by atoms with E-state index in [1.165, 1.54) is 13.0 Å². The van der Waals surface area contributed by atoms with Crippen LogP contribution in [0, 0.1) is 11.6 Å². The Labute approximate surface area is 149 Å². The molecule has 7 heteroatoms. The third kappa shape index (κ3) is 4.36. The second-order valence-electron chi connectivity index (χ2n) is 6.33. The number of halogens is 2. The van der Waals surface area contributed by atoms with Crippen LogP contribution < -0.4 is 10.1 Å². The quantitative estimate of drug-likeness (QED) is 0.820. The lowest BCUT2D eigenvalue weighted by Crippen LogP contribution is -2.30. The van der Waals surface area contributed by atoms with Crippen molar-refractivity contribution in [3.8, 4) is 5.75 Å². The SMILES string of the molecule is CC(Oc1ccc(F)c(F)c1)C(=O)Nc1ccc(C(C)(C)C(=O)O)cc1. The molecule has 2 aromatic carbocycles. The summed E-state index contributed by atoms with van der Waals surface area (Å²) in [6.45, 7) is 4.64. The average Bonchev–Trinajstić information content (AvgIpc) is 2.58. The number of rotatable bonds is 6. The summed E-state index contributed by atoms with van der Waals surface area (Å²) in [5.41, 5.74) is 0.000702. The summed E-state index contributed by atoms with van der Waals surface area (Å²) in [5, 5.41) is 11.8. The maximum Gasteiger partial charge on any atom is 0.313 e. The molecule has 2 rings (SSSR count). The van der Waals surface area contributed by atoms with Crippen molar-refractivity contribution >= 4 is 17.6 Å². The Balaban J connectivity index is 2.02. The van der Waals surface area contributed by atoms with E-state index >= 15 is 0 Å². The fourth-order valence-electron chi connectivity index (χ4n) is 2.15. The molecule has 0 bridgehead atoms. The van der Waals surface area contributed by atoms with Gasteiger partial charge in [0.05, 0.1) is 5.41 Å². The number of aliphatic carboxylic acids is 1. The molecule has 0 saturated heterocycles. The molecule has 1 amide bonds. The van der Waals surface area contributed by atoms with Gasteiger partial charge in [-0.3, -0.25) is 9.59 Å². The molecule has 26 heavy (non-hydrogen) atoms. The predicted molar refractivity (Wildman–Crippen MR) is 92.2 cm³/mol. The summed E-state index contributed by atoms with van der Waals surface area (Å²) in [6, 6.07) is 9.41. The molecule has 0 radical (unpaired) electrons. The molecular formula is C19H19F2NO4. The number of carboxylic acids is 1. The first kappa shape index (κ1) is 19.4. The first-order valence-corrected chi connectivity index (χ1v) is 7.88. The van der Waals surface area contributed by atoms with Gasteiger partial charge in [0.15, 0.2) is 17.7 Å². The van der Waals surface area contributed by atoms with Gasteiger partial charge in [0.25, 0.3) is 5.91 Å². The van der Waals surface area contributed by atoms with Crippen LogP contribution in [0.5, 0.6) is 5.75 Å². The highest BCUT2D eigenvalue weighted by Gasteiger charge is 2.29. The fraction of sp³-hybridized carbons (Fsp3) is 0.263. The summed E-state index contributed by atoms with van der Waals surface area (Å²) in [7, 11) is 0. The highest BCUT2D eigenvalue weighted by atomic mass is 19.2. The molecule has 0 aliphatic heterocycles. The van der Waals surface area contributed by atoms with E-state index in [9.17, 15) is 23.5 Å². The number of carboxylic acid groups (broad SMARTS) is 1. The van der Waals surface area contributed by atoms with Crippen LogP contribution in [0.15, 0.2) is 42.5 Å². The lowest BCUT2D eigenvalue weighted by molar-refractivity contribution is -0.142. The molecule has 0 heterocycles. The number of amides is 1. The maximum atomic E-state index is 13.2. The highest BCUT2D eigenvalue weighted by Crippen LogP contribution is 2.25. The van der Waals surface area contributed by atoms with Crippen LogP contribution in [-0.4, -0.2) is 23.1 Å². The Morgan fingerprint density at radius 3 is 2.23 bits per heavy atom. The summed E-state index contributed by atoms with van der Waals surface area (Å²) >= 11 is 0. The predicted octanol–water partition coefficient (Wildman–Crippen LogP) is 3.73. The topological polar surface area (TPSA) is 75.6 Å². The number of ether oxygens (including phenoxy) is 1. The van der Waals surface area contributed by atoms with Gasteiger partial charge in [0.1, 0.15) is 5.75 Å². The number of carbonyl (C=O) groups excluding carboxylic acids is 1. The van der Waals surface area contributed by atoms with Crippen LogP contribution in [0.25, 0.3) is 0 Å². The van der Waals surface area contributed by atoms with Crippen LogP contribution in [0.4, 0.5) is 14.5 Å². The molecule has 0 spiro atoms. The number of anilines is 1. The highest BCUT2D eigenvalue weighted by molar-refractivity contribution is 5.94. The zero-order valence-electron chi connectivity index (χ0n) is 14.5. The van der Waals surface area contributed by atoms with Gasteiger partial charge >= 0.3 is 5.97 Å². The summed E-state index contributed by atoms with van der Waals surface area (Å²) in [4.78, 5) is 23.4. The minimum atomic E-state index is -1.06. The van der Waals surface area contributed by atoms with Crippen molar-refractivity contribution in [2.24, 2.45) is 0 Å². The van der Waals surface area contributed by atoms with Crippen molar-refractivity contribution in [3.63, 3.8) is 0 Å². The number of hydrogen-bond donors (Lipinski definition) is 2. The number of hydrogen-bond acceptors (Lipinski definition) is 3. The van der Waals surface area contributed by atoms with Crippen LogP contribution in [0.3, 0.4) is 0 Å². The molecule has 2 N–H and O–H groups in total. The summed E-state index contributed by atoms with van der Waals surface area (Å²) < 4.78 is 31.4. The molecule has 138 valence electrons. The van der Waals surface area contributed by atoms with Gasteiger partial charge in [-0.1, -0.05) is 12.1 Å². The van der Waals surface area contributed by atoms with E-state index in [0.29, 0.717) is 11.3 Å². The van der Waals surface area contributed by atoms with Gasteiger partial charge in [0.2, 0.25) is 0 Å². The van der Waals surface area contributed by atoms with Gasteiger partial charge in [-0.05, 0) is 50.6 Å². The van der Waals surface area contributed by atoms with Crippen molar-refractivity contribution in [3.05, 3.63) is 59.7 Å². The Morgan fingerprint density at radius 2 is 1.69 bits per heavy atom. The zero-order chi connectivity index (χ0) is 19.5. The molecule has 1 atom stereocenters. The fourth-order valence-corrected chi connectivity index (χ4v) is 2.15. The van der Waals surface area contributed by atoms with Crippen molar-refractivity contribution in [2.75, 3.05) is 5.32 Å². The molecule has 1 unspecified atom stereocenters. The van der Waals surface area contributed by atoms with E-state index in [4.69, 9.17) is 4.74 Å². The Bertz CT molecular complexity index is 819. The van der Waals surface area contributed by atoms with E-state index < -0.39 is 35.0 Å². The minimum Gasteiger partial charge on any atom is -0.481 e. The van der Waals surface area contributed by atoms with Gasteiger partial charge < -0.3 is 15.2 Å². The number of benzene rings is 2. The zero-order valence-corrected chi connectivity index (χ0v) is 14.5. The van der Waals surface area contributed by atoms with Gasteiger partial charge in [-0.2, -0.15) is 0 Å². The molecule has 0 aliphatic rings. The summed E-state index contributed by atoms with van der Waals surface area (Å²) in [5.74, 6) is -3.47. The lowest BCUT2D eigenvalue weighted by Gasteiger charge is -2.20. The van der Waals surface area contributed by atoms with Crippen molar-refractivity contribution in [1.82, 2.24) is 0 Å². The Hall–Kier alpha value is -2.96. The van der Waals surface area contributed by atoms with Crippen LogP contribution in [-0.2, 0) is 15.0 Å². The van der Waals surface area contributed by atoms with Gasteiger partial charge in [-0.25, -0.2) is 8.78 Å². The van der Waals surface area contributed by atoms with E-state index in [1.807, 2.05) is 0 Å². The van der Waals surface area contributed by atoms with Crippen molar-refractivity contribution in [2.45, 2.75) is 32.3 Å². The van der Waals surface area contributed by atoms with Crippen molar-refractivity contribution < 1.29 is 28.2 Å². The van der Waals surface area contributed by atoms with Crippen LogP contribution >= 0.6 is 0 Å². The molecule has 0 aliphatic carbocycles. The van der Waals surface area contributed by atoms with E-state index in [-0.39, 0.29) is 5.75 Å². The third-order valence-corrected chi connectivity index (χ3v) is 3.98. The van der Waals surface area contributed by atoms with Gasteiger partial charge in [0, 0.05) is 11.8 Å². The Morgan fingerprint density at radius 1 is 1.08 bits per heavy atom. The standard InChI is InChI=1S/C19H19F2NO4/c1-11(26-14-8-9-15(20)16(21)10-14)17(23)22-13-6-4-12(5-7-13)19(2,3)18(24)25/h4-11H,1-3H3,(H,22,23)(H,24,25). The monoisotopic (exact) mass is 363 g/mol. The van der Waals surface area contributed by atoms with E-state index in [0.717, 1.165) is 12.1 Å². The smallest absolute Gasteiger partial charge is 0.313 e. The number of nitrogens with one attached hydrogen (secondary N) is 1. The molecule has 0 saturated carbocycles. The first-order chi connectivity index (χ1) is 12.1. The Kier molecular flexibility index (Phi) is 5.59. The van der Waals surface area contributed by atoms with E-state index in [1.54, 1.807) is 38.1 Å². The average molecular weight is 363 g/mol. The second kappa shape index (κ2) is 7.51. The maximum absolute atomic E-state index is 13.2. The number of carbonyl (C=O) groups is 2. The molecule has 0 aromatic heterocycles. The normalized spacial score (nSPS) is 12.3. The molecule has 2 aromatic rings. The van der Waals surface area contributed by atoms with Crippen molar-refractivity contribution in [1.29, 1.82) is 0 Å². The minimum absolute atomic E-state index is 0.0325. The van der Waals surface area contributed by atoms with Gasteiger partial charge in [-0.15, -0.1) is 0 Å². The second-order valence-corrected chi connectivity index (χ2v) is 6.33. The first-order valence-electron chi connectivity index (χ1n) is 7.88. The molecule has 0 fully saturated rings. The molecular weight excluding hydrogens is 344 g/mol. The third-order valence-electron chi connectivity index (χ3n) is 3.98. The van der Waals surface area contributed by atoms with Crippen LogP contribution in [0.1, 0.15) is 26.3 Å². The van der Waals surface area contributed by atoms with Crippen LogP contribution in [0.2, 0.25) is 0 Å². The van der Waals surface area contributed by atoms with E-state index in [2.05, 4.69) is 5.32 Å².